The van der Waals surface area contributed by atoms with Crippen molar-refractivity contribution in [2.45, 2.75) is 6.54 Å². The second kappa shape index (κ2) is 9.16. The van der Waals surface area contributed by atoms with Gasteiger partial charge in [0.05, 0.1) is 16.6 Å². The summed E-state index contributed by atoms with van der Waals surface area (Å²) in [4.78, 5) is 23.1. The Kier molecular flexibility index (Phi) is 5.96. The second-order valence-corrected chi connectivity index (χ2v) is 7.26. The van der Waals surface area contributed by atoms with Gasteiger partial charge >= 0.3 is 0 Å². The maximum Gasteiger partial charge on any atom is 0.270 e. The molecule has 1 amide bonds. The molecule has 8 heteroatoms. The number of allylic oxidation sites excluding steroid dienone is 1. The fraction of sp³-hybridized carbons (Fsp3) is 0.0400. The number of rotatable bonds is 6. The Labute approximate surface area is 188 Å². The molecule has 1 heterocycles. The van der Waals surface area contributed by atoms with E-state index in [0.717, 1.165) is 10.9 Å². The van der Waals surface area contributed by atoms with Gasteiger partial charge in [0.2, 0.25) is 5.91 Å². The summed E-state index contributed by atoms with van der Waals surface area (Å²) in [6.45, 7) is 0.00439. The van der Waals surface area contributed by atoms with Gasteiger partial charge in [-0.25, -0.2) is 4.39 Å². The van der Waals surface area contributed by atoms with E-state index < -0.39 is 10.7 Å². The highest BCUT2D eigenvalue weighted by molar-refractivity contribution is 5.99. The van der Waals surface area contributed by atoms with Crippen molar-refractivity contribution in [2.75, 3.05) is 5.32 Å². The smallest absolute Gasteiger partial charge is 0.270 e. The van der Waals surface area contributed by atoms with Gasteiger partial charge < -0.3 is 9.88 Å². The molecule has 7 nitrogen and oxygen atoms in total. The van der Waals surface area contributed by atoms with E-state index in [-0.39, 0.29) is 23.7 Å². The number of hydrogen-bond acceptors (Lipinski definition) is 4. The largest absolute Gasteiger partial charge is 0.337 e. The summed E-state index contributed by atoms with van der Waals surface area (Å²) in [7, 11) is 0. The van der Waals surface area contributed by atoms with Gasteiger partial charge in [-0.2, -0.15) is 5.26 Å². The maximum absolute atomic E-state index is 13.1. The molecule has 4 rings (SSSR count). The normalized spacial score (nSPS) is 11.2. The van der Waals surface area contributed by atoms with Crippen molar-refractivity contribution in [3.8, 4) is 6.07 Å². The number of hydrogen-bond donors (Lipinski definition) is 1. The Bertz CT molecular complexity index is 1430. The minimum Gasteiger partial charge on any atom is -0.337 e. The number of fused-ring (bicyclic) bond motifs is 1. The molecule has 0 aliphatic rings. The van der Waals surface area contributed by atoms with E-state index in [0.29, 0.717) is 16.8 Å². The molecule has 0 bridgehead atoms. The van der Waals surface area contributed by atoms with Crippen LogP contribution in [0.2, 0.25) is 0 Å². The molecule has 0 aliphatic heterocycles. The minimum absolute atomic E-state index is 0.00439. The van der Waals surface area contributed by atoms with Gasteiger partial charge in [-0.1, -0.05) is 30.3 Å². The number of non-ortho nitro benzene ring substituents is 1. The minimum atomic E-state index is -0.510. The Morgan fingerprint density at radius 2 is 1.88 bits per heavy atom. The number of halogens is 1. The van der Waals surface area contributed by atoms with Crippen LogP contribution in [0.5, 0.6) is 0 Å². The first-order valence-corrected chi connectivity index (χ1v) is 9.94. The first-order chi connectivity index (χ1) is 15.9. The molecule has 0 atom stereocenters. The fourth-order valence-electron chi connectivity index (χ4n) is 3.53. The van der Waals surface area contributed by atoms with Crippen LogP contribution in [-0.4, -0.2) is 15.4 Å². The molecule has 4 aromatic rings. The molecule has 0 fully saturated rings. The molecule has 0 saturated heterocycles. The predicted octanol–water partition coefficient (Wildman–Crippen LogP) is 5.39. The van der Waals surface area contributed by atoms with Crippen molar-refractivity contribution >= 4 is 39.8 Å². The number of benzene rings is 3. The summed E-state index contributed by atoms with van der Waals surface area (Å²) in [6.07, 6.45) is 3.40. The summed E-state index contributed by atoms with van der Waals surface area (Å²) < 4.78 is 14.8. The van der Waals surface area contributed by atoms with Crippen LogP contribution in [0.4, 0.5) is 15.8 Å². The summed E-state index contributed by atoms with van der Waals surface area (Å²) in [5.74, 6) is -0.685. The van der Waals surface area contributed by atoms with Crippen molar-refractivity contribution in [1.82, 2.24) is 4.57 Å². The molecular weight excluding hydrogens is 423 g/mol. The molecule has 0 saturated carbocycles. The number of anilines is 1. The molecule has 162 valence electrons. The molecule has 1 aromatic heterocycles. The van der Waals surface area contributed by atoms with Gasteiger partial charge in [0.25, 0.3) is 5.69 Å². The third-order valence-electron chi connectivity index (χ3n) is 5.05. The summed E-state index contributed by atoms with van der Waals surface area (Å²) >= 11 is 0. The van der Waals surface area contributed by atoms with Crippen LogP contribution in [0.1, 0.15) is 11.1 Å². The van der Waals surface area contributed by atoms with Gasteiger partial charge in [-0.3, -0.25) is 14.9 Å². The van der Waals surface area contributed by atoms with Crippen molar-refractivity contribution in [2.24, 2.45) is 0 Å². The van der Waals surface area contributed by atoms with Gasteiger partial charge in [-0.15, -0.1) is 0 Å². The first-order valence-electron chi connectivity index (χ1n) is 9.94. The number of carbonyl (C=O) groups excluding carboxylic acids is 1. The lowest BCUT2D eigenvalue weighted by molar-refractivity contribution is -0.384. The quantitative estimate of drug-likeness (QED) is 0.247. The third kappa shape index (κ3) is 4.78. The van der Waals surface area contributed by atoms with E-state index in [1.54, 1.807) is 22.9 Å². The zero-order valence-electron chi connectivity index (χ0n) is 17.2. The Hall–Kier alpha value is -4.77. The van der Waals surface area contributed by atoms with E-state index >= 15 is 0 Å². The third-order valence-corrected chi connectivity index (χ3v) is 5.05. The summed E-state index contributed by atoms with van der Waals surface area (Å²) in [6, 6.07) is 20.9. The van der Waals surface area contributed by atoms with Crippen molar-refractivity contribution in [3.05, 3.63) is 106 Å². The van der Waals surface area contributed by atoms with Gasteiger partial charge in [0.1, 0.15) is 12.4 Å². The fourth-order valence-corrected chi connectivity index (χ4v) is 3.53. The summed E-state index contributed by atoms with van der Waals surface area (Å²) in [5.41, 5.74) is 2.55. The number of nitriles is 1. The van der Waals surface area contributed by atoms with Crippen LogP contribution in [-0.2, 0) is 11.3 Å². The van der Waals surface area contributed by atoms with Crippen molar-refractivity contribution in [3.63, 3.8) is 0 Å². The maximum atomic E-state index is 13.1. The Morgan fingerprint density at radius 1 is 1.12 bits per heavy atom. The topological polar surface area (TPSA) is 101 Å². The zero-order valence-corrected chi connectivity index (χ0v) is 17.2. The number of nitrogens with zero attached hydrogens (tertiary/aromatic N) is 3. The molecule has 0 radical (unpaired) electrons. The molecule has 0 spiro atoms. The highest BCUT2D eigenvalue weighted by atomic mass is 19.1. The van der Waals surface area contributed by atoms with Crippen LogP contribution >= 0.6 is 0 Å². The number of para-hydroxylation sites is 1. The van der Waals surface area contributed by atoms with E-state index in [1.807, 2.05) is 24.3 Å². The lowest BCUT2D eigenvalue weighted by atomic mass is 10.0. The Balaban J connectivity index is 1.67. The monoisotopic (exact) mass is 440 g/mol. The highest BCUT2D eigenvalue weighted by Crippen LogP contribution is 2.27. The molecule has 0 unspecified atom stereocenters. The number of carbonyl (C=O) groups is 1. The van der Waals surface area contributed by atoms with Crippen LogP contribution in [0, 0.1) is 27.3 Å². The molecule has 3 aromatic carbocycles. The lowest BCUT2D eigenvalue weighted by Crippen LogP contribution is -2.18. The number of nitro benzene ring substituents is 1. The highest BCUT2D eigenvalue weighted by Gasteiger charge is 2.13. The zero-order chi connectivity index (χ0) is 23.4. The van der Waals surface area contributed by atoms with Crippen molar-refractivity contribution in [1.29, 1.82) is 5.26 Å². The molecular formula is C25H17FN4O3. The number of aromatic nitrogens is 1. The van der Waals surface area contributed by atoms with E-state index in [4.69, 9.17) is 0 Å². The van der Waals surface area contributed by atoms with Crippen molar-refractivity contribution < 1.29 is 14.1 Å². The number of nitro groups is 1. The van der Waals surface area contributed by atoms with Gasteiger partial charge in [0, 0.05) is 40.5 Å². The van der Waals surface area contributed by atoms with Crippen LogP contribution < -0.4 is 5.32 Å². The lowest BCUT2D eigenvalue weighted by Gasteiger charge is -2.07. The predicted molar refractivity (Wildman–Crippen MR) is 124 cm³/mol. The van der Waals surface area contributed by atoms with E-state index in [9.17, 15) is 24.6 Å². The second-order valence-electron chi connectivity index (χ2n) is 7.26. The van der Waals surface area contributed by atoms with Gasteiger partial charge in [0.15, 0.2) is 0 Å². The van der Waals surface area contributed by atoms with E-state index in [1.165, 1.54) is 42.5 Å². The Morgan fingerprint density at radius 3 is 2.61 bits per heavy atom. The summed E-state index contributed by atoms with van der Waals surface area (Å²) in [5, 5.41) is 24.3. The first kappa shape index (κ1) is 21.5. The van der Waals surface area contributed by atoms with Crippen LogP contribution in [0.25, 0.3) is 22.6 Å². The average molecular weight is 440 g/mol. The standard InChI is InChI=1S/C25H17FN4O3/c26-20-8-10-21(11-9-20)28-25(31)16-29-15-19(23-6-1-2-7-24(23)29)12-18(14-27)17-4-3-5-22(13-17)30(32)33/h1-13,15H,16H2,(H,28,31)/b18-12-. The number of amides is 1. The average Bonchev–Trinajstić information content (AvgIpc) is 3.16. The van der Waals surface area contributed by atoms with Crippen LogP contribution in [0.3, 0.4) is 0 Å². The molecule has 33 heavy (non-hydrogen) atoms. The SMILES string of the molecule is N#C/C(=C/c1cn(CC(=O)Nc2ccc(F)cc2)c2ccccc12)c1cccc([N+](=O)[O-])c1. The molecule has 0 aliphatic carbocycles. The van der Waals surface area contributed by atoms with E-state index in [2.05, 4.69) is 11.4 Å². The molecule has 1 N–H and O–H groups in total. The van der Waals surface area contributed by atoms with Gasteiger partial charge in [-0.05, 0) is 42.0 Å². The van der Waals surface area contributed by atoms with Crippen LogP contribution in [0.15, 0.2) is 79.0 Å². The number of nitrogens with one attached hydrogen (secondary N) is 1.